The molecule has 1 amide bonds. The number of para-hydroxylation sites is 2. The highest BCUT2D eigenvalue weighted by molar-refractivity contribution is 7.99. The fourth-order valence-electron chi connectivity index (χ4n) is 3.13. The van der Waals surface area contributed by atoms with Gasteiger partial charge in [0.1, 0.15) is 11.3 Å². The van der Waals surface area contributed by atoms with Crippen LogP contribution < -0.4 is 5.32 Å². The van der Waals surface area contributed by atoms with Gasteiger partial charge in [-0.1, -0.05) is 36.0 Å². The number of oxazole rings is 1. The van der Waals surface area contributed by atoms with Crippen molar-refractivity contribution >= 4 is 40.4 Å². The molecule has 0 radical (unpaired) electrons. The van der Waals surface area contributed by atoms with Gasteiger partial charge in [-0.2, -0.15) is 0 Å². The van der Waals surface area contributed by atoms with Crippen LogP contribution >= 0.6 is 11.8 Å². The molecule has 1 aromatic heterocycles. The topological polar surface area (TPSA) is 93.9 Å². The highest BCUT2D eigenvalue weighted by atomic mass is 32.2. The minimum absolute atomic E-state index is 0.0103. The first-order chi connectivity index (χ1) is 15.2. The number of benzene rings is 2. The van der Waals surface area contributed by atoms with Gasteiger partial charge < -0.3 is 19.2 Å². The van der Waals surface area contributed by atoms with Crippen molar-refractivity contribution in [1.82, 2.24) is 9.88 Å². The van der Waals surface area contributed by atoms with E-state index < -0.39 is 5.97 Å². The van der Waals surface area contributed by atoms with Crippen LogP contribution in [0.25, 0.3) is 11.1 Å². The van der Waals surface area contributed by atoms with E-state index in [2.05, 4.69) is 15.2 Å². The Labute approximate surface area is 183 Å². The van der Waals surface area contributed by atoms with Crippen LogP contribution in [0.1, 0.15) is 5.56 Å². The Balaban J connectivity index is 1.17. The number of hydrogen-bond donors (Lipinski definition) is 1. The molecule has 1 aliphatic rings. The maximum atomic E-state index is 12.1. The lowest BCUT2D eigenvalue weighted by molar-refractivity contribution is -0.144. The second-order valence-electron chi connectivity index (χ2n) is 7.03. The number of esters is 1. The Hall–Kier alpha value is -2.88. The number of carbonyl (C=O) groups is 2. The minimum Gasteiger partial charge on any atom is -0.455 e. The summed E-state index contributed by atoms with van der Waals surface area (Å²) in [6, 6.07) is 15.0. The second-order valence-corrected chi connectivity index (χ2v) is 7.96. The number of thioether (sulfide) groups is 1. The third-order valence-corrected chi connectivity index (χ3v) is 5.50. The molecule has 162 valence electrons. The quantitative estimate of drug-likeness (QED) is 0.421. The van der Waals surface area contributed by atoms with Gasteiger partial charge in [0.25, 0.3) is 11.1 Å². The van der Waals surface area contributed by atoms with Crippen molar-refractivity contribution in [1.29, 1.82) is 0 Å². The molecule has 0 unspecified atom stereocenters. The standard InChI is InChI=1S/C22H23N3O5S/c26-20(23-17-7-5-16(6-8-17)13-25-9-11-28-12-10-25)14-29-21(27)15-31-22-24-18-3-1-2-4-19(18)30-22/h1-8H,9-15H2,(H,23,26). The summed E-state index contributed by atoms with van der Waals surface area (Å²) in [5, 5.41) is 3.12. The lowest BCUT2D eigenvalue weighted by atomic mass is 10.2. The van der Waals surface area contributed by atoms with Gasteiger partial charge >= 0.3 is 5.97 Å². The van der Waals surface area contributed by atoms with Crippen LogP contribution in [0.5, 0.6) is 0 Å². The molecule has 1 N–H and O–H groups in total. The van der Waals surface area contributed by atoms with Gasteiger partial charge in [-0.15, -0.1) is 0 Å². The van der Waals surface area contributed by atoms with E-state index in [-0.39, 0.29) is 18.3 Å². The number of hydrogen-bond acceptors (Lipinski definition) is 8. The van der Waals surface area contributed by atoms with Crippen molar-refractivity contribution in [2.45, 2.75) is 11.8 Å². The molecule has 31 heavy (non-hydrogen) atoms. The monoisotopic (exact) mass is 441 g/mol. The molecule has 9 heteroatoms. The molecule has 1 aliphatic heterocycles. The number of nitrogens with one attached hydrogen (secondary N) is 1. The Kier molecular flexibility index (Phi) is 7.18. The largest absolute Gasteiger partial charge is 0.455 e. The number of fused-ring (bicyclic) bond motifs is 1. The van der Waals surface area contributed by atoms with Crippen LogP contribution in [-0.2, 0) is 25.6 Å². The first kappa shape index (κ1) is 21.4. The number of ether oxygens (including phenoxy) is 2. The van der Waals surface area contributed by atoms with Crippen molar-refractivity contribution in [3.8, 4) is 0 Å². The number of amides is 1. The fraction of sp³-hybridized carbons (Fsp3) is 0.318. The first-order valence-corrected chi connectivity index (χ1v) is 11.0. The molecule has 1 fully saturated rings. The Bertz CT molecular complexity index is 998. The van der Waals surface area contributed by atoms with E-state index in [0.717, 1.165) is 50.1 Å². The predicted octanol–water partition coefficient (Wildman–Crippen LogP) is 2.93. The van der Waals surface area contributed by atoms with Crippen molar-refractivity contribution in [3.63, 3.8) is 0 Å². The summed E-state index contributed by atoms with van der Waals surface area (Å²) in [5.41, 5.74) is 3.22. The SMILES string of the molecule is O=C(COC(=O)CSc1nc2ccccc2o1)Nc1ccc(CN2CCOCC2)cc1. The average Bonchev–Trinajstić information content (AvgIpc) is 3.21. The number of nitrogens with zero attached hydrogens (tertiary/aromatic N) is 2. The molecular weight excluding hydrogens is 418 g/mol. The van der Waals surface area contributed by atoms with E-state index in [1.54, 1.807) is 0 Å². The zero-order chi connectivity index (χ0) is 21.5. The van der Waals surface area contributed by atoms with Crippen LogP contribution in [0.3, 0.4) is 0 Å². The number of carbonyl (C=O) groups excluding carboxylic acids is 2. The van der Waals surface area contributed by atoms with E-state index in [0.29, 0.717) is 16.5 Å². The van der Waals surface area contributed by atoms with Crippen molar-refractivity contribution in [2.75, 3.05) is 44.0 Å². The van der Waals surface area contributed by atoms with E-state index in [9.17, 15) is 9.59 Å². The number of morpholine rings is 1. The van der Waals surface area contributed by atoms with Gasteiger partial charge in [0, 0.05) is 25.3 Å². The summed E-state index contributed by atoms with van der Waals surface area (Å²) in [4.78, 5) is 30.6. The molecule has 4 rings (SSSR count). The molecule has 0 saturated carbocycles. The fourth-order valence-corrected chi connectivity index (χ4v) is 3.77. The number of anilines is 1. The maximum Gasteiger partial charge on any atom is 0.316 e. The summed E-state index contributed by atoms with van der Waals surface area (Å²) in [6.45, 7) is 3.89. The van der Waals surface area contributed by atoms with Gasteiger partial charge in [-0.3, -0.25) is 14.5 Å². The minimum atomic E-state index is -0.511. The molecule has 0 spiro atoms. The average molecular weight is 442 g/mol. The molecular formula is C22H23N3O5S. The molecule has 0 aliphatic carbocycles. The lowest BCUT2D eigenvalue weighted by Gasteiger charge is -2.26. The summed E-state index contributed by atoms with van der Waals surface area (Å²) in [5.74, 6) is -0.888. The van der Waals surface area contributed by atoms with Crippen molar-refractivity contribution in [3.05, 3.63) is 54.1 Å². The molecule has 2 heterocycles. The Morgan fingerprint density at radius 1 is 1.10 bits per heavy atom. The summed E-state index contributed by atoms with van der Waals surface area (Å²) in [6.07, 6.45) is 0. The van der Waals surface area contributed by atoms with E-state index in [1.807, 2.05) is 48.5 Å². The first-order valence-electron chi connectivity index (χ1n) is 9.98. The van der Waals surface area contributed by atoms with Crippen LogP contribution in [0.4, 0.5) is 5.69 Å². The molecule has 2 aromatic carbocycles. The van der Waals surface area contributed by atoms with Gasteiger partial charge in [0.05, 0.1) is 13.2 Å². The lowest BCUT2D eigenvalue weighted by Crippen LogP contribution is -2.35. The van der Waals surface area contributed by atoms with Crippen LogP contribution in [0.15, 0.2) is 58.2 Å². The summed E-state index contributed by atoms with van der Waals surface area (Å²) in [7, 11) is 0. The third kappa shape index (κ3) is 6.30. The molecule has 3 aromatic rings. The van der Waals surface area contributed by atoms with E-state index >= 15 is 0 Å². The predicted molar refractivity (Wildman–Crippen MR) is 117 cm³/mol. The van der Waals surface area contributed by atoms with Gasteiger partial charge in [0.15, 0.2) is 12.2 Å². The van der Waals surface area contributed by atoms with Crippen LogP contribution in [0, 0.1) is 0 Å². The number of aromatic nitrogens is 1. The zero-order valence-electron chi connectivity index (χ0n) is 16.9. The van der Waals surface area contributed by atoms with Crippen molar-refractivity contribution < 1.29 is 23.5 Å². The molecule has 0 atom stereocenters. The van der Waals surface area contributed by atoms with Crippen LogP contribution in [-0.4, -0.2) is 60.4 Å². The van der Waals surface area contributed by atoms with Crippen LogP contribution in [0.2, 0.25) is 0 Å². The molecule has 0 bridgehead atoms. The Morgan fingerprint density at radius 2 is 1.87 bits per heavy atom. The van der Waals surface area contributed by atoms with Gasteiger partial charge in [0.2, 0.25) is 0 Å². The zero-order valence-corrected chi connectivity index (χ0v) is 17.7. The van der Waals surface area contributed by atoms with Gasteiger partial charge in [-0.25, -0.2) is 4.98 Å². The van der Waals surface area contributed by atoms with E-state index in [4.69, 9.17) is 13.9 Å². The highest BCUT2D eigenvalue weighted by Gasteiger charge is 2.13. The van der Waals surface area contributed by atoms with Crippen molar-refractivity contribution in [2.24, 2.45) is 0 Å². The molecule has 1 saturated heterocycles. The number of rotatable bonds is 8. The molecule has 8 nitrogen and oxygen atoms in total. The Morgan fingerprint density at radius 3 is 2.65 bits per heavy atom. The summed E-state index contributed by atoms with van der Waals surface area (Å²) >= 11 is 1.13. The maximum absolute atomic E-state index is 12.1. The normalized spacial score (nSPS) is 14.5. The smallest absolute Gasteiger partial charge is 0.316 e. The second kappa shape index (κ2) is 10.4. The highest BCUT2D eigenvalue weighted by Crippen LogP contribution is 2.23. The van der Waals surface area contributed by atoms with Gasteiger partial charge in [-0.05, 0) is 29.8 Å². The third-order valence-electron chi connectivity index (χ3n) is 4.70. The van der Waals surface area contributed by atoms with E-state index in [1.165, 1.54) is 5.56 Å². The summed E-state index contributed by atoms with van der Waals surface area (Å²) < 4.78 is 15.9.